The molecule has 1 atom stereocenters. The molecule has 0 amide bonds. The summed E-state index contributed by atoms with van der Waals surface area (Å²) < 4.78 is 1.37. The van der Waals surface area contributed by atoms with Crippen LogP contribution in [-0.4, -0.2) is 14.7 Å². The van der Waals surface area contributed by atoms with Gasteiger partial charge in [-0.05, 0) is 32.0 Å². The Bertz CT molecular complexity index is 698. The number of aromatic nitrogens is 2. The van der Waals surface area contributed by atoms with Crippen molar-refractivity contribution in [2.75, 3.05) is 0 Å². The second kappa shape index (κ2) is 5.95. The lowest BCUT2D eigenvalue weighted by Gasteiger charge is -2.15. The summed E-state index contributed by atoms with van der Waals surface area (Å²) in [7, 11) is 0. The molecule has 1 aromatic heterocycles. The fraction of sp³-hybridized carbons (Fsp3) is 0.286. The number of aliphatic hydroxyl groups is 1. The second-order valence-electron chi connectivity index (χ2n) is 4.59. The average molecular weight is 313 g/mol. The molecule has 0 bridgehead atoms. The van der Waals surface area contributed by atoms with Crippen LogP contribution in [0.2, 0.25) is 10.0 Å². The van der Waals surface area contributed by atoms with Gasteiger partial charge >= 0.3 is 0 Å². The van der Waals surface area contributed by atoms with E-state index in [4.69, 9.17) is 23.2 Å². The Morgan fingerprint density at radius 1 is 1.35 bits per heavy atom. The monoisotopic (exact) mass is 312 g/mol. The van der Waals surface area contributed by atoms with Crippen LogP contribution < -0.4 is 5.56 Å². The Morgan fingerprint density at radius 3 is 2.75 bits per heavy atom. The van der Waals surface area contributed by atoms with Crippen molar-refractivity contribution in [3.8, 4) is 0 Å². The molecule has 0 aliphatic carbocycles. The first-order valence-electron chi connectivity index (χ1n) is 6.06. The van der Waals surface area contributed by atoms with Crippen molar-refractivity contribution in [2.24, 2.45) is 0 Å². The highest BCUT2D eigenvalue weighted by Crippen LogP contribution is 2.27. The number of aryl methyl sites for hydroxylation is 1. The van der Waals surface area contributed by atoms with Gasteiger partial charge in [0.15, 0.2) is 0 Å². The molecule has 106 valence electrons. The molecule has 6 heteroatoms. The van der Waals surface area contributed by atoms with Gasteiger partial charge in [-0.3, -0.25) is 9.36 Å². The summed E-state index contributed by atoms with van der Waals surface area (Å²) in [5, 5.41) is 11.1. The quantitative estimate of drug-likeness (QED) is 0.948. The average Bonchev–Trinajstić information content (AvgIpc) is 2.42. The molecular formula is C14H14Cl2N2O2. The summed E-state index contributed by atoms with van der Waals surface area (Å²) in [6, 6.07) is 4.85. The first-order chi connectivity index (χ1) is 9.40. The molecule has 0 saturated heterocycles. The Balaban J connectivity index is 2.33. The van der Waals surface area contributed by atoms with Crippen LogP contribution in [0.3, 0.4) is 0 Å². The van der Waals surface area contributed by atoms with Crippen molar-refractivity contribution in [1.29, 1.82) is 0 Å². The van der Waals surface area contributed by atoms with E-state index < -0.39 is 6.10 Å². The van der Waals surface area contributed by atoms with Gasteiger partial charge in [0.05, 0.1) is 19.0 Å². The topological polar surface area (TPSA) is 55.1 Å². The molecule has 0 saturated carbocycles. The minimum atomic E-state index is -0.928. The first kappa shape index (κ1) is 15.0. The molecule has 0 spiro atoms. The zero-order chi connectivity index (χ0) is 14.9. The van der Waals surface area contributed by atoms with E-state index in [9.17, 15) is 9.90 Å². The highest BCUT2D eigenvalue weighted by Gasteiger charge is 2.14. The first-order valence-corrected chi connectivity index (χ1v) is 6.81. The summed E-state index contributed by atoms with van der Waals surface area (Å²) in [6.07, 6.45) is 0.495. The van der Waals surface area contributed by atoms with Crippen molar-refractivity contribution in [2.45, 2.75) is 26.5 Å². The summed E-state index contributed by atoms with van der Waals surface area (Å²) in [5.41, 5.74) is 1.57. The predicted octanol–water partition coefficient (Wildman–Crippen LogP) is 2.90. The van der Waals surface area contributed by atoms with E-state index in [-0.39, 0.29) is 12.1 Å². The minimum absolute atomic E-state index is 0.0764. The smallest absolute Gasteiger partial charge is 0.256 e. The SMILES string of the molecule is Cc1ncn(CC(O)c2cc(Cl)ccc2Cl)c(=O)c1C. The Morgan fingerprint density at radius 2 is 2.05 bits per heavy atom. The molecule has 0 aliphatic heterocycles. The molecule has 4 nitrogen and oxygen atoms in total. The third kappa shape index (κ3) is 3.03. The number of rotatable bonds is 3. The maximum Gasteiger partial charge on any atom is 0.256 e. The van der Waals surface area contributed by atoms with Crippen LogP contribution in [0.25, 0.3) is 0 Å². The fourth-order valence-corrected chi connectivity index (χ4v) is 2.28. The number of hydrogen-bond donors (Lipinski definition) is 1. The molecular weight excluding hydrogens is 299 g/mol. The van der Waals surface area contributed by atoms with Crippen molar-refractivity contribution >= 4 is 23.2 Å². The van der Waals surface area contributed by atoms with Gasteiger partial charge in [-0.2, -0.15) is 0 Å². The van der Waals surface area contributed by atoms with Gasteiger partial charge in [-0.15, -0.1) is 0 Å². The molecule has 0 fully saturated rings. The molecule has 2 rings (SSSR count). The molecule has 1 N–H and O–H groups in total. The third-order valence-corrected chi connectivity index (χ3v) is 3.78. The standard InChI is InChI=1S/C14H14Cl2N2O2/c1-8-9(2)17-7-18(14(8)20)6-13(19)11-5-10(15)3-4-12(11)16/h3-5,7,13,19H,6H2,1-2H3. The number of halogens is 2. The highest BCUT2D eigenvalue weighted by molar-refractivity contribution is 6.33. The van der Waals surface area contributed by atoms with Crippen LogP contribution >= 0.6 is 23.2 Å². The van der Waals surface area contributed by atoms with Gasteiger partial charge < -0.3 is 5.11 Å². The zero-order valence-electron chi connectivity index (χ0n) is 11.1. The Labute approximate surface area is 126 Å². The largest absolute Gasteiger partial charge is 0.386 e. The van der Waals surface area contributed by atoms with Crippen LogP contribution in [0.1, 0.15) is 22.9 Å². The Kier molecular flexibility index (Phi) is 4.48. The molecule has 2 aromatic rings. The fourth-order valence-electron chi connectivity index (χ4n) is 1.86. The minimum Gasteiger partial charge on any atom is -0.386 e. The molecule has 0 aliphatic rings. The third-order valence-electron chi connectivity index (χ3n) is 3.20. The van der Waals surface area contributed by atoms with Crippen LogP contribution in [0.4, 0.5) is 0 Å². The lowest BCUT2D eigenvalue weighted by atomic mass is 10.1. The van der Waals surface area contributed by atoms with Crippen molar-refractivity contribution in [3.63, 3.8) is 0 Å². The molecule has 1 heterocycles. The highest BCUT2D eigenvalue weighted by atomic mass is 35.5. The van der Waals surface area contributed by atoms with Crippen molar-refractivity contribution in [1.82, 2.24) is 9.55 Å². The van der Waals surface area contributed by atoms with Gasteiger partial charge in [-0.1, -0.05) is 23.2 Å². The van der Waals surface area contributed by atoms with Crippen LogP contribution in [0, 0.1) is 13.8 Å². The van der Waals surface area contributed by atoms with Gasteiger partial charge in [-0.25, -0.2) is 4.98 Å². The van der Waals surface area contributed by atoms with E-state index >= 15 is 0 Å². The Hall–Kier alpha value is -1.36. The predicted molar refractivity (Wildman–Crippen MR) is 79.4 cm³/mol. The van der Waals surface area contributed by atoms with Gasteiger partial charge in [0.25, 0.3) is 5.56 Å². The number of nitrogens with zero attached hydrogens (tertiary/aromatic N) is 2. The summed E-state index contributed by atoms with van der Waals surface area (Å²) in [4.78, 5) is 16.2. The molecule has 20 heavy (non-hydrogen) atoms. The number of hydrogen-bond acceptors (Lipinski definition) is 3. The lowest BCUT2D eigenvalue weighted by molar-refractivity contribution is 0.154. The number of benzene rings is 1. The van der Waals surface area contributed by atoms with E-state index in [1.807, 2.05) is 0 Å². The molecule has 1 unspecified atom stereocenters. The normalized spacial score (nSPS) is 12.4. The van der Waals surface area contributed by atoms with Crippen molar-refractivity contribution in [3.05, 3.63) is 61.7 Å². The molecule has 1 aromatic carbocycles. The number of aliphatic hydroxyl groups excluding tert-OH is 1. The van der Waals surface area contributed by atoms with Crippen LogP contribution in [0.5, 0.6) is 0 Å². The van der Waals surface area contributed by atoms with Gasteiger partial charge in [0, 0.05) is 26.9 Å². The van der Waals surface area contributed by atoms with Crippen LogP contribution in [0.15, 0.2) is 29.3 Å². The van der Waals surface area contributed by atoms with Crippen LogP contribution in [-0.2, 0) is 6.54 Å². The second-order valence-corrected chi connectivity index (χ2v) is 5.44. The van der Waals surface area contributed by atoms with E-state index in [1.54, 1.807) is 32.0 Å². The van der Waals surface area contributed by atoms with Gasteiger partial charge in [0.2, 0.25) is 0 Å². The van der Waals surface area contributed by atoms with E-state index in [0.717, 1.165) is 0 Å². The van der Waals surface area contributed by atoms with Crippen molar-refractivity contribution < 1.29 is 5.11 Å². The van der Waals surface area contributed by atoms with E-state index in [0.29, 0.717) is 26.9 Å². The maximum atomic E-state index is 12.1. The summed E-state index contributed by atoms with van der Waals surface area (Å²) in [5.74, 6) is 0. The van der Waals surface area contributed by atoms with E-state index in [1.165, 1.54) is 10.9 Å². The summed E-state index contributed by atoms with van der Waals surface area (Å²) >= 11 is 11.9. The zero-order valence-corrected chi connectivity index (χ0v) is 12.6. The summed E-state index contributed by atoms with van der Waals surface area (Å²) in [6.45, 7) is 3.55. The maximum absolute atomic E-state index is 12.1. The molecule has 0 radical (unpaired) electrons. The van der Waals surface area contributed by atoms with E-state index in [2.05, 4.69) is 4.98 Å². The van der Waals surface area contributed by atoms with Gasteiger partial charge in [0.1, 0.15) is 0 Å². The lowest BCUT2D eigenvalue weighted by Crippen LogP contribution is -2.26.